The first-order valence-corrected chi connectivity index (χ1v) is 8.89. The van der Waals surface area contributed by atoms with Gasteiger partial charge in [-0.1, -0.05) is 6.07 Å². The van der Waals surface area contributed by atoms with Crippen LogP contribution in [0.5, 0.6) is 0 Å². The molecule has 1 fully saturated rings. The van der Waals surface area contributed by atoms with Crippen molar-refractivity contribution in [2.75, 3.05) is 18.0 Å². The maximum atomic E-state index is 12.1. The second kappa shape index (κ2) is 6.74. The minimum Gasteiger partial charge on any atom is -0.356 e. The van der Waals surface area contributed by atoms with Crippen molar-refractivity contribution < 1.29 is 4.79 Å². The van der Waals surface area contributed by atoms with E-state index in [1.54, 1.807) is 11.3 Å². The average molecular weight is 413 g/mol. The third-order valence-electron chi connectivity index (χ3n) is 3.63. The van der Waals surface area contributed by atoms with E-state index in [1.807, 2.05) is 35.8 Å². The molecule has 2 aromatic heterocycles. The number of rotatable bonds is 3. The Labute approximate surface area is 141 Å². The number of hydrogen-bond donors (Lipinski definition) is 1. The van der Waals surface area contributed by atoms with E-state index in [1.165, 1.54) is 0 Å². The standard InChI is InChI=1S/C15H16IN3OS/c16-13-9-11(10-21-13)15(20)18-12-4-7-19(8-5-12)14-3-1-2-6-17-14/h1-3,6,9-10,12H,4-5,7-8H2,(H,18,20). The van der Waals surface area contributed by atoms with Gasteiger partial charge in [0.25, 0.3) is 5.91 Å². The molecule has 1 aliphatic rings. The van der Waals surface area contributed by atoms with E-state index in [2.05, 4.69) is 37.8 Å². The molecule has 3 rings (SSSR count). The van der Waals surface area contributed by atoms with Gasteiger partial charge in [0.15, 0.2) is 0 Å². The predicted octanol–water partition coefficient (Wildman–Crippen LogP) is 3.15. The summed E-state index contributed by atoms with van der Waals surface area (Å²) in [5, 5.41) is 5.05. The molecule has 0 aliphatic carbocycles. The first-order valence-electron chi connectivity index (χ1n) is 6.93. The highest BCUT2D eigenvalue weighted by atomic mass is 127. The Kier molecular flexibility index (Phi) is 4.74. The highest BCUT2D eigenvalue weighted by Crippen LogP contribution is 2.19. The maximum Gasteiger partial charge on any atom is 0.252 e. The van der Waals surface area contributed by atoms with Crippen molar-refractivity contribution in [3.05, 3.63) is 44.3 Å². The van der Waals surface area contributed by atoms with E-state index >= 15 is 0 Å². The fourth-order valence-corrected chi connectivity index (χ4v) is 3.82. The first kappa shape index (κ1) is 14.8. The zero-order chi connectivity index (χ0) is 14.7. The van der Waals surface area contributed by atoms with Gasteiger partial charge in [-0.25, -0.2) is 4.98 Å². The molecule has 1 N–H and O–H groups in total. The second-order valence-corrected chi connectivity index (χ2v) is 7.87. The van der Waals surface area contributed by atoms with Crippen molar-refractivity contribution in [2.24, 2.45) is 0 Å². The number of pyridine rings is 1. The van der Waals surface area contributed by atoms with Gasteiger partial charge >= 0.3 is 0 Å². The lowest BCUT2D eigenvalue weighted by Crippen LogP contribution is -2.44. The van der Waals surface area contributed by atoms with Crippen molar-refractivity contribution >= 4 is 45.7 Å². The summed E-state index contributed by atoms with van der Waals surface area (Å²) >= 11 is 3.84. The summed E-state index contributed by atoms with van der Waals surface area (Å²) in [6, 6.07) is 8.16. The SMILES string of the molecule is O=C(NC1CCN(c2ccccn2)CC1)c1csc(I)c1. The van der Waals surface area contributed by atoms with E-state index in [-0.39, 0.29) is 11.9 Å². The third kappa shape index (κ3) is 3.74. The molecule has 4 nitrogen and oxygen atoms in total. The van der Waals surface area contributed by atoms with Gasteiger partial charge in [-0.05, 0) is 53.6 Å². The minimum absolute atomic E-state index is 0.0467. The van der Waals surface area contributed by atoms with E-state index in [4.69, 9.17) is 0 Å². The van der Waals surface area contributed by atoms with E-state index in [9.17, 15) is 4.79 Å². The Hall–Kier alpha value is -1.15. The molecule has 6 heteroatoms. The summed E-state index contributed by atoms with van der Waals surface area (Å²) in [7, 11) is 0. The number of halogens is 1. The van der Waals surface area contributed by atoms with Crippen molar-refractivity contribution in [3.8, 4) is 0 Å². The van der Waals surface area contributed by atoms with Crippen molar-refractivity contribution in [3.63, 3.8) is 0 Å². The predicted molar refractivity (Wildman–Crippen MR) is 94.0 cm³/mol. The molecule has 1 amide bonds. The number of carbonyl (C=O) groups is 1. The molecule has 0 spiro atoms. The fraction of sp³-hybridized carbons (Fsp3) is 0.333. The fourth-order valence-electron chi connectivity index (χ4n) is 2.49. The normalized spacial score (nSPS) is 16.0. The van der Waals surface area contributed by atoms with Crippen LogP contribution >= 0.6 is 33.9 Å². The van der Waals surface area contributed by atoms with Gasteiger partial charge in [-0.2, -0.15) is 0 Å². The van der Waals surface area contributed by atoms with Crippen LogP contribution in [0.2, 0.25) is 0 Å². The zero-order valence-electron chi connectivity index (χ0n) is 11.5. The molecule has 0 aromatic carbocycles. The number of aromatic nitrogens is 1. The molecule has 0 bridgehead atoms. The van der Waals surface area contributed by atoms with Crippen LogP contribution < -0.4 is 10.2 Å². The van der Waals surface area contributed by atoms with Crippen molar-refractivity contribution in [2.45, 2.75) is 18.9 Å². The van der Waals surface area contributed by atoms with Gasteiger partial charge in [0.2, 0.25) is 0 Å². The minimum atomic E-state index is 0.0467. The summed E-state index contributed by atoms with van der Waals surface area (Å²) in [6.45, 7) is 1.87. The van der Waals surface area contributed by atoms with Crippen LogP contribution in [0.4, 0.5) is 5.82 Å². The van der Waals surface area contributed by atoms with Crippen LogP contribution in [-0.2, 0) is 0 Å². The zero-order valence-corrected chi connectivity index (χ0v) is 14.4. The Bertz CT molecular complexity index is 608. The van der Waals surface area contributed by atoms with Crippen LogP contribution in [0.25, 0.3) is 0 Å². The van der Waals surface area contributed by atoms with Gasteiger partial charge in [0.1, 0.15) is 5.82 Å². The number of amides is 1. The molecule has 0 atom stereocenters. The van der Waals surface area contributed by atoms with E-state index in [0.29, 0.717) is 0 Å². The Morgan fingerprint density at radius 2 is 2.19 bits per heavy atom. The van der Waals surface area contributed by atoms with Gasteiger partial charge in [0, 0.05) is 30.7 Å². The summed E-state index contributed by atoms with van der Waals surface area (Å²) in [6.07, 6.45) is 3.74. The Morgan fingerprint density at radius 3 is 2.81 bits per heavy atom. The Balaban J connectivity index is 1.53. The molecule has 0 radical (unpaired) electrons. The molecule has 21 heavy (non-hydrogen) atoms. The molecule has 0 saturated carbocycles. The number of nitrogens with zero attached hydrogens (tertiary/aromatic N) is 2. The van der Waals surface area contributed by atoms with Crippen LogP contribution in [0.3, 0.4) is 0 Å². The highest BCUT2D eigenvalue weighted by Gasteiger charge is 2.22. The van der Waals surface area contributed by atoms with Gasteiger partial charge < -0.3 is 10.2 Å². The van der Waals surface area contributed by atoms with Crippen LogP contribution in [0.15, 0.2) is 35.8 Å². The second-order valence-electron chi connectivity index (χ2n) is 5.06. The molecule has 110 valence electrons. The quantitative estimate of drug-likeness (QED) is 0.787. The van der Waals surface area contributed by atoms with Gasteiger partial charge in [-0.15, -0.1) is 11.3 Å². The van der Waals surface area contributed by atoms with Crippen LogP contribution in [-0.4, -0.2) is 30.0 Å². The molecule has 3 heterocycles. The summed E-state index contributed by atoms with van der Waals surface area (Å²) in [4.78, 5) is 18.8. The third-order valence-corrected chi connectivity index (χ3v) is 5.42. The smallest absolute Gasteiger partial charge is 0.252 e. The molecule has 0 unspecified atom stereocenters. The summed E-state index contributed by atoms with van der Waals surface area (Å²) in [5.74, 6) is 1.07. The number of thiophene rings is 1. The monoisotopic (exact) mass is 413 g/mol. The van der Waals surface area contributed by atoms with Crippen molar-refractivity contribution in [1.29, 1.82) is 0 Å². The number of carbonyl (C=O) groups excluding carboxylic acids is 1. The average Bonchev–Trinajstić information content (AvgIpc) is 2.96. The number of piperidine rings is 1. The number of nitrogens with one attached hydrogen (secondary N) is 1. The largest absolute Gasteiger partial charge is 0.356 e. The number of anilines is 1. The van der Waals surface area contributed by atoms with Crippen LogP contribution in [0.1, 0.15) is 23.2 Å². The van der Waals surface area contributed by atoms with Crippen LogP contribution in [0, 0.1) is 2.88 Å². The molecule has 2 aromatic rings. The van der Waals surface area contributed by atoms with Crippen molar-refractivity contribution in [1.82, 2.24) is 10.3 Å². The molecular weight excluding hydrogens is 397 g/mol. The summed E-state index contributed by atoms with van der Waals surface area (Å²) in [5.41, 5.74) is 0.775. The summed E-state index contributed by atoms with van der Waals surface area (Å²) < 4.78 is 1.14. The first-order chi connectivity index (χ1) is 10.2. The highest BCUT2D eigenvalue weighted by molar-refractivity contribution is 14.1. The van der Waals surface area contributed by atoms with E-state index < -0.39 is 0 Å². The Morgan fingerprint density at radius 1 is 1.38 bits per heavy atom. The van der Waals surface area contributed by atoms with E-state index in [0.717, 1.165) is 40.2 Å². The molecule has 1 saturated heterocycles. The lowest BCUT2D eigenvalue weighted by atomic mass is 10.0. The molecular formula is C15H16IN3OS. The lowest BCUT2D eigenvalue weighted by molar-refractivity contribution is 0.0931. The number of hydrogen-bond acceptors (Lipinski definition) is 4. The maximum absolute atomic E-state index is 12.1. The lowest BCUT2D eigenvalue weighted by Gasteiger charge is -2.33. The van der Waals surface area contributed by atoms with Gasteiger partial charge in [-0.3, -0.25) is 4.79 Å². The molecule has 1 aliphatic heterocycles. The van der Waals surface area contributed by atoms with Gasteiger partial charge in [0.05, 0.1) is 8.45 Å². The topological polar surface area (TPSA) is 45.2 Å².